The normalized spacial score (nSPS) is 12.2. The molecule has 0 aliphatic heterocycles. The number of hydrogen-bond donors (Lipinski definition) is 0. The van der Waals surface area contributed by atoms with E-state index in [0.717, 1.165) is 24.9 Å². The number of halogens is 1. The average Bonchev–Trinajstić information content (AvgIpc) is 2.26. The van der Waals surface area contributed by atoms with Gasteiger partial charge >= 0.3 is 0 Å². The van der Waals surface area contributed by atoms with E-state index in [9.17, 15) is 4.79 Å². The lowest BCUT2D eigenvalue weighted by atomic mass is 10.00. The van der Waals surface area contributed by atoms with Gasteiger partial charge in [-0.2, -0.15) is 0 Å². The van der Waals surface area contributed by atoms with Crippen LogP contribution in [0.25, 0.3) is 0 Å². The average molecular weight is 227 g/mol. The Bertz CT molecular complexity index is 313. The second kappa shape index (κ2) is 5.71. The smallest absolute Gasteiger partial charge is 0.209 e. The Morgan fingerprint density at radius 1 is 1.60 bits per heavy atom. The quantitative estimate of drug-likeness (QED) is 0.570. The molecule has 0 aliphatic rings. The van der Waals surface area contributed by atoms with Gasteiger partial charge in [-0.15, -0.1) is 0 Å². The lowest BCUT2D eigenvalue weighted by Crippen LogP contribution is -2.18. The number of pyridine rings is 1. The highest BCUT2D eigenvalue weighted by Crippen LogP contribution is 2.19. The Labute approximate surface area is 95.1 Å². The number of nitrogens with zero attached hydrogens (tertiary/aromatic N) is 2. The SMILES string of the molecule is CC(CCN(C)C=O)c1ccc(Cl)nc1. The van der Waals surface area contributed by atoms with Crippen molar-refractivity contribution in [2.75, 3.05) is 13.6 Å². The van der Waals surface area contributed by atoms with E-state index in [1.54, 1.807) is 24.2 Å². The minimum Gasteiger partial charge on any atom is -0.348 e. The van der Waals surface area contributed by atoms with E-state index >= 15 is 0 Å². The minimum atomic E-state index is 0.386. The van der Waals surface area contributed by atoms with Crippen LogP contribution in [0.5, 0.6) is 0 Å². The molecule has 0 N–H and O–H groups in total. The fourth-order valence-corrected chi connectivity index (χ4v) is 1.41. The number of carbonyl (C=O) groups excluding carboxylic acids is 1. The molecule has 1 heterocycles. The summed E-state index contributed by atoms with van der Waals surface area (Å²) >= 11 is 5.70. The third kappa shape index (κ3) is 3.88. The van der Waals surface area contributed by atoms with Crippen LogP contribution in [0.15, 0.2) is 18.3 Å². The molecule has 1 aromatic rings. The Kier molecular flexibility index (Phi) is 4.56. The molecule has 0 aliphatic carbocycles. The molecule has 1 unspecified atom stereocenters. The molecule has 82 valence electrons. The molecule has 1 atom stereocenters. The van der Waals surface area contributed by atoms with Gasteiger partial charge in [0, 0.05) is 19.8 Å². The van der Waals surface area contributed by atoms with Crippen LogP contribution in [0.4, 0.5) is 0 Å². The van der Waals surface area contributed by atoms with Crippen molar-refractivity contribution >= 4 is 18.0 Å². The van der Waals surface area contributed by atoms with Crippen molar-refractivity contribution in [3.05, 3.63) is 29.0 Å². The number of rotatable bonds is 5. The molecule has 3 nitrogen and oxygen atoms in total. The van der Waals surface area contributed by atoms with Gasteiger partial charge in [-0.1, -0.05) is 24.6 Å². The predicted molar refractivity (Wildman–Crippen MR) is 61.0 cm³/mol. The van der Waals surface area contributed by atoms with Gasteiger partial charge in [-0.25, -0.2) is 4.98 Å². The number of hydrogen-bond acceptors (Lipinski definition) is 2. The molecule has 1 amide bonds. The first-order valence-electron chi connectivity index (χ1n) is 4.90. The van der Waals surface area contributed by atoms with E-state index in [0.29, 0.717) is 11.1 Å². The Morgan fingerprint density at radius 2 is 2.33 bits per heavy atom. The summed E-state index contributed by atoms with van der Waals surface area (Å²) in [5, 5.41) is 0.510. The Balaban J connectivity index is 2.49. The summed E-state index contributed by atoms with van der Waals surface area (Å²) in [5.41, 5.74) is 1.15. The lowest BCUT2D eigenvalue weighted by Gasteiger charge is -2.15. The van der Waals surface area contributed by atoms with E-state index in [4.69, 9.17) is 11.6 Å². The summed E-state index contributed by atoms with van der Waals surface area (Å²) in [6, 6.07) is 3.76. The highest BCUT2D eigenvalue weighted by molar-refractivity contribution is 6.29. The van der Waals surface area contributed by atoms with Gasteiger partial charge in [0.1, 0.15) is 5.15 Å². The van der Waals surface area contributed by atoms with Crippen LogP contribution in [0, 0.1) is 0 Å². The van der Waals surface area contributed by atoms with Crippen LogP contribution in [-0.4, -0.2) is 29.9 Å². The first-order valence-corrected chi connectivity index (χ1v) is 5.28. The highest BCUT2D eigenvalue weighted by Gasteiger charge is 2.06. The maximum atomic E-state index is 10.4. The summed E-state index contributed by atoms with van der Waals surface area (Å²) in [6.07, 6.45) is 3.55. The standard InChI is InChI=1S/C11H15ClN2O/c1-9(5-6-14(2)8-15)10-3-4-11(12)13-7-10/h3-4,7-9H,5-6H2,1-2H3. The molecule has 1 rings (SSSR count). The van der Waals surface area contributed by atoms with Crippen molar-refractivity contribution in [3.8, 4) is 0 Å². The lowest BCUT2D eigenvalue weighted by molar-refractivity contribution is -0.117. The van der Waals surface area contributed by atoms with Crippen molar-refractivity contribution in [1.82, 2.24) is 9.88 Å². The fourth-order valence-electron chi connectivity index (χ4n) is 1.30. The zero-order chi connectivity index (χ0) is 11.3. The molecular formula is C11H15ClN2O. The minimum absolute atomic E-state index is 0.386. The van der Waals surface area contributed by atoms with E-state index in [-0.39, 0.29) is 0 Å². The molecule has 15 heavy (non-hydrogen) atoms. The van der Waals surface area contributed by atoms with Crippen molar-refractivity contribution in [2.45, 2.75) is 19.3 Å². The van der Waals surface area contributed by atoms with Crippen LogP contribution in [0.2, 0.25) is 5.15 Å². The molecule has 0 radical (unpaired) electrons. The zero-order valence-electron chi connectivity index (χ0n) is 8.98. The van der Waals surface area contributed by atoms with Gasteiger partial charge < -0.3 is 4.90 Å². The van der Waals surface area contributed by atoms with Gasteiger partial charge in [-0.3, -0.25) is 4.79 Å². The summed E-state index contributed by atoms with van der Waals surface area (Å²) in [5.74, 6) is 0.386. The maximum absolute atomic E-state index is 10.4. The van der Waals surface area contributed by atoms with Gasteiger partial charge in [0.15, 0.2) is 0 Å². The van der Waals surface area contributed by atoms with Crippen LogP contribution in [-0.2, 0) is 4.79 Å². The van der Waals surface area contributed by atoms with E-state index in [1.165, 1.54) is 0 Å². The van der Waals surface area contributed by atoms with Crippen molar-refractivity contribution in [2.24, 2.45) is 0 Å². The molecular weight excluding hydrogens is 212 g/mol. The predicted octanol–water partition coefficient (Wildman–Crippen LogP) is 2.32. The van der Waals surface area contributed by atoms with Gasteiger partial charge in [0.25, 0.3) is 0 Å². The first kappa shape index (κ1) is 12.0. The molecule has 0 bridgehead atoms. The monoisotopic (exact) mass is 226 g/mol. The topological polar surface area (TPSA) is 33.2 Å². The maximum Gasteiger partial charge on any atom is 0.209 e. The van der Waals surface area contributed by atoms with Crippen LogP contribution in [0.1, 0.15) is 24.8 Å². The number of amides is 1. The number of carbonyl (C=O) groups is 1. The zero-order valence-corrected chi connectivity index (χ0v) is 9.74. The Morgan fingerprint density at radius 3 is 2.87 bits per heavy atom. The fraction of sp³-hybridized carbons (Fsp3) is 0.455. The summed E-state index contributed by atoms with van der Waals surface area (Å²) in [4.78, 5) is 16.1. The number of aromatic nitrogens is 1. The van der Waals surface area contributed by atoms with Crippen molar-refractivity contribution in [1.29, 1.82) is 0 Å². The Hall–Kier alpha value is -1.09. The third-order valence-electron chi connectivity index (χ3n) is 2.41. The van der Waals surface area contributed by atoms with Crippen LogP contribution < -0.4 is 0 Å². The summed E-state index contributed by atoms with van der Waals surface area (Å²) < 4.78 is 0. The molecule has 0 spiro atoms. The van der Waals surface area contributed by atoms with Gasteiger partial charge in [0.2, 0.25) is 6.41 Å². The second-order valence-corrected chi connectivity index (χ2v) is 4.08. The van der Waals surface area contributed by atoms with Crippen molar-refractivity contribution in [3.63, 3.8) is 0 Å². The molecule has 0 saturated carbocycles. The first-order chi connectivity index (χ1) is 7.13. The van der Waals surface area contributed by atoms with E-state index in [1.807, 2.05) is 6.07 Å². The third-order valence-corrected chi connectivity index (χ3v) is 2.64. The summed E-state index contributed by atoms with van der Waals surface area (Å²) in [6.45, 7) is 2.87. The molecule has 0 saturated heterocycles. The largest absolute Gasteiger partial charge is 0.348 e. The van der Waals surface area contributed by atoms with E-state index in [2.05, 4.69) is 11.9 Å². The van der Waals surface area contributed by atoms with Crippen molar-refractivity contribution < 1.29 is 4.79 Å². The van der Waals surface area contributed by atoms with Gasteiger partial charge in [0.05, 0.1) is 0 Å². The van der Waals surface area contributed by atoms with Crippen LogP contribution >= 0.6 is 11.6 Å². The second-order valence-electron chi connectivity index (χ2n) is 3.69. The highest BCUT2D eigenvalue weighted by atomic mass is 35.5. The molecule has 0 fully saturated rings. The molecule has 4 heteroatoms. The summed E-state index contributed by atoms with van der Waals surface area (Å²) in [7, 11) is 1.78. The van der Waals surface area contributed by atoms with Gasteiger partial charge in [-0.05, 0) is 24.0 Å². The van der Waals surface area contributed by atoms with E-state index < -0.39 is 0 Å². The molecule has 0 aromatic carbocycles. The molecule has 1 aromatic heterocycles. The van der Waals surface area contributed by atoms with Crippen LogP contribution in [0.3, 0.4) is 0 Å².